The number of pyridine rings is 1. The second-order valence-electron chi connectivity index (χ2n) is 3.63. The molecule has 0 aliphatic heterocycles. The Labute approximate surface area is 93.7 Å². The molecular formula is C11H12ClN3. The Morgan fingerprint density at radius 2 is 2.13 bits per heavy atom. The minimum Gasteiger partial charge on any atom is -0.288 e. The largest absolute Gasteiger partial charge is 0.288 e. The van der Waals surface area contributed by atoms with Gasteiger partial charge in [0.2, 0.25) is 0 Å². The van der Waals surface area contributed by atoms with Crippen LogP contribution in [0.15, 0.2) is 30.6 Å². The van der Waals surface area contributed by atoms with E-state index < -0.39 is 0 Å². The van der Waals surface area contributed by atoms with Gasteiger partial charge in [-0.15, -0.1) is 0 Å². The first-order chi connectivity index (χ1) is 7.18. The van der Waals surface area contributed by atoms with Crippen molar-refractivity contribution in [2.45, 2.75) is 19.8 Å². The summed E-state index contributed by atoms with van der Waals surface area (Å²) in [6.45, 7) is 4.20. The second kappa shape index (κ2) is 4.03. The summed E-state index contributed by atoms with van der Waals surface area (Å²) in [4.78, 5) is 8.55. The number of hydrogen-bond donors (Lipinski definition) is 0. The zero-order valence-electron chi connectivity index (χ0n) is 8.68. The third-order valence-corrected chi connectivity index (χ3v) is 2.34. The maximum atomic E-state index is 5.85. The normalized spacial score (nSPS) is 10.9. The van der Waals surface area contributed by atoms with Gasteiger partial charge in [0, 0.05) is 18.3 Å². The summed E-state index contributed by atoms with van der Waals surface area (Å²) < 4.78 is 1.95. The predicted octanol–water partition coefficient (Wildman–Crippen LogP) is 3.04. The van der Waals surface area contributed by atoms with E-state index in [2.05, 4.69) is 23.8 Å². The summed E-state index contributed by atoms with van der Waals surface area (Å²) in [6, 6.07) is 5.56. The van der Waals surface area contributed by atoms with E-state index in [0.29, 0.717) is 11.1 Å². The monoisotopic (exact) mass is 221 g/mol. The number of rotatable bonds is 2. The number of imidazole rings is 1. The molecule has 2 aromatic heterocycles. The van der Waals surface area contributed by atoms with Crippen molar-refractivity contribution >= 4 is 11.6 Å². The van der Waals surface area contributed by atoms with Crippen molar-refractivity contribution in [1.82, 2.24) is 14.5 Å². The van der Waals surface area contributed by atoms with Gasteiger partial charge >= 0.3 is 0 Å². The van der Waals surface area contributed by atoms with Crippen LogP contribution in [0.25, 0.3) is 5.82 Å². The quantitative estimate of drug-likeness (QED) is 0.730. The van der Waals surface area contributed by atoms with Gasteiger partial charge in [0.15, 0.2) is 0 Å². The van der Waals surface area contributed by atoms with Crippen molar-refractivity contribution in [1.29, 1.82) is 0 Å². The first kappa shape index (κ1) is 10.2. The van der Waals surface area contributed by atoms with Gasteiger partial charge in [-0.1, -0.05) is 31.5 Å². The van der Waals surface area contributed by atoms with Gasteiger partial charge in [0.05, 0.1) is 0 Å². The molecule has 0 spiro atoms. The molecule has 0 saturated heterocycles. The Bertz CT molecular complexity index is 462. The molecule has 0 aromatic carbocycles. The summed E-state index contributed by atoms with van der Waals surface area (Å²) >= 11 is 5.85. The first-order valence-electron chi connectivity index (χ1n) is 4.84. The van der Waals surface area contributed by atoms with E-state index in [1.165, 1.54) is 0 Å². The van der Waals surface area contributed by atoms with Crippen LogP contribution in [-0.4, -0.2) is 14.5 Å². The van der Waals surface area contributed by atoms with Crippen LogP contribution in [0.2, 0.25) is 5.15 Å². The Morgan fingerprint density at radius 3 is 2.80 bits per heavy atom. The molecule has 2 heterocycles. The smallest absolute Gasteiger partial charge is 0.139 e. The predicted molar refractivity (Wildman–Crippen MR) is 60.5 cm³/mol. The molecule has 0 aliphatic rings. The molecule has 78 valence electrons. The third kappa shape index (κ3) is 2.02. The zero-order valence-corrected chi connectivity index (χ0v) is 9.44. The fourth-order valence-corrected chi connectivity index (χ4v) is 1.63. The SMILES string of the molecule is CC(C)c1nccn1-c1cccc(Cl)n1. The highest BCUT2D eigenvalue weighted by Gasteiger charge is 2.09. The fourth-order valence-electron chi connectivity index (χ4n) is 1.47. The van der Waals surface area contributed by atoms with Crippen molar-refractivity contribution < 1.29 is 0 Å². The van der Waals surface area contributed by atoms with Crippen LogP contribution in [0, 0.1) is 0 Å². The lowest BCUT2D eigenvalue weighted by Crippen LogP contribution is -2.03. The van der Waals surface area contributed by atoms with E-state index in [0.717, 1.165) is 11.6 Å². The molecule has 0 saturated carbocycles. The van der Waals surface area contributed by atoms with E-state index in [1.54, 1.807) is 12.3 Å². The minimum absolute atomic E-state index is 0.362. The van der Waals surface area contributed by atoms with E-state index in [1.807, 2.05) is 22.9 Å². The molecule has 0 bridgehead atoms. The molecule has 2 aromatic rings. The molecule has 4 heteroatoms. The molecule has 0 amide bonds. The van der Waals surface area contributed by atoms with Crippen LogP contribution >= 0.6 is 11.6 Å². The number of halogens is 1. The summed E-state index contributed by atoms with van der Waals surface area (Å²) in [6.07, 6.45) is 3.67. The van der Waals surface area contributed by atoms with E-state index in [9.17, 15) is 0 Å². The summed E-state index contributed by atoms with van der Waals surface area (Å²) in [7, 11) is 0. The molecule has 3 nitrogen and oxygen atoms in total. The summed E-state index contributed by atoms with van der Waals surface area (Å²) in [5.74, 6) is 2.16. The molecule has 2 rings (SSSR count). The Balaban J connectivity index is 2.49. The van der Waals surface area contributed by atoms with Crippen molar-refractivity contribution in [3.8, 4) is 5.82 Å². The van der Waals surface area contributed by atoms with Gasteiger partial charge in [-0.25, -0.2) is 9.97 Å². The molecule has 0 fully saturated rings. The van der Waals surface area contributed by atoms with Crippen LogP contribution in [0.5, 0.6) is 0 Å². The van der Waals surface area contributed by atoms with Crippen LogP contribution in [0.3, 0.4) is 0 Å². The lowest BCUT2D eigenvalue weighted by atomic mass is 10.2. The summed E-state index contributed by atoms with van der Waals surface area (Å²) in [5, 5.41) is 0.496. The van der Waals surface area contributed by atoms with Crippen molar-refractivity contribution in [2.75, 3.05) is 0 Å². The van der Waals surface area contributed by atoms with Gasteiger partial charge in [0.1, 0.15) is 16.8 Å². The molecular weight excluding hydrogens is 210 g/mol. The number of hydrogen-bond acceptors (Lipinski definition) is 2. The molecule has 0 unspecified atom stereocenters. The third-order valence-electron chi connectivity index (χ3n) is 2.13. The van der Waals surface area contributed by atoms with Crippen molar-refractivity contribution in [2.24, 2.45) is 0 Å². The average molecular weight is 222 g/mol. The average Bonchev–Trinajstić information content (AvgIpc) is 2.65. The van der Waals surface area contributed by atoms with Gasteiger partial charge < -0.3 is 0 Å². The van der Waals surface area contributed by atoms with Gasteiger partial charge in [-0.2, -0.15) is 0 Å². The number of nitrogens with zero attached hydrogens (tertiary/aromatic N) is 3. The summed E-state index contributed by atoms with van der Waals surface area (Å²) in [5.41, 5.74) is 0. The highest BCUT2D eigenvalue weighted by molar-refractivity contribution is 6.29. The standard InChI is InChI=1S/C11H12ClN3/c1-8(2)11-13-6-7-15(11)10-5-3-4-9(12)14-10/h3-8H,1-2H3. The molecule has 0 atom stereocenters. The Morgan fingerprint density at radius 1 is 1.33 bits per heavy atom. The van der Waals surface area contributed by atoms with Gasteiger partial charge in [-0.05, 0) is 12.1 Å². The molecule has 0 aliphatic carbocycles. The molecule has 0 N–H and O–H groups in total. The fraction of sp³-hybridized carbons (Fsp3) is 0.273. The van der Waals surface area contributed by atoms with E-state index >= 15 is 0 Å². The zero-order chi connectivity index (χ0) is 10.8. The maximum absolute atomic E-state index is 5.85. The highest BCUT2D eigenvalue weighted by Crippen LogP contribution is 2.17. The van der Waals surface area contributed by atoms with Crippen LogP contribution < -0.4 is 0 Å². The minimum atomic E-state index is 0.362. The molecule has 0 radical (unpaired) electrons. The topological polar surface area (TPSA) is 30.7 Å². The van der Waals surface area contributed by atoms with E-state index in [-0.39, 0.29) is 0 Å². The van der Waals surface area contributed by atoms with Gasteiger partial charge in [0.25, 0.3) is 0 Å². The first-order valence-corrected chi connectivity index (χ1v) is 5.22. The lowest BCUT2D eigenvalue weighted by Gasteiger charge is -2.09. The van der Waals surface area contributed by atoms with Crippen LogP contribution in [0.4, 0.5) is 0 Å². The van der Waals surface area contributed by atoms with E-state index in [4.69, 9.17) is 11.6 Å². The molecule has 15 heavy (non-hydrogen) atoms. The Hall–Kier alpha value is -1.35. The van der Waals surface area contributed by atoms with Crippen molar-refractivity contribution in [3.63, 3.8) is 0 Å². The Kier molecular flexibility index (Phi) is 2.73. The second-order valence-corrected chi connectivity index (χ2v) is 4.02. The lowest BCUT2D eigenvalue weighted by molar-refractivity contribution is 0.744. The maximum Gasteiger partial charge on any atom is 0.139 e. The number of aromatic nitrogens is 3. The van der Waals surface area contributed by atoms with Crippen molar-refractivity contribution in [3.05, 3.63) is 41.6 Å². The van der Waals surface area contributed by atoms with Crippen LogP contribution in [-0.2, 0) is 0 Å². The van der Waals surface area contributed by atoms with Crippen LogP contribution in [0.1, 0.15) is 25.6 Å². The highest BCUT2D eigenvalue weighted by atomic mass is 35.5. The van der Waals surface area contributed by atoms with Gasteiger partial charge in [-0.3, -0.25) is 4.57 Å².